The number of fused-ring (bicyclic) bond motifs is 1. The van der Waals surface area contributed by atoms with Gasteiger partial charge in [0, 0.05) is 26.7 Å². The number of benzene rings is 3. The number of carbonyl (C=O) groups excluding carboxylic acids is 2. The fourth-order valence-electron chi connectivity index (χ4n) is 3.07. The van der Waals surface area contributed by atoms with E-state index in [2.05, 4.69) is 15.6 Å². The summed E-state index contributed by atoms with van der Waals surface area (Å²) in [6.45, 7) is 0. The van der Waals surface area contributed by atoms with Crippen molar-refractivity contribution in [3.05, 3.63) is 99.5 Å². The van der Waals surface area contributed by atoms with Gasteiger partial charge < -0.3 is 10.6 Å². The Morgan fingerprint density at radius 2 is 1.59 bits per heavy atom. The standard InChI is InChI=1S/C22H15Cl2N3O2/c23-15-10-14(11-16(24)12-15)21(28)27-20-22(29)25-18-9-5-4-8-17(18)19(26-20)13-6-2-1-3-7-13/h1-12,20H,(H,25,29)(H,27,28). The summed E-state index contributed by atoms with van der Waals surface area (Å²) in [4.78, 5) is 30.1. The van der Waals surface area contributed by atoms with E-state index in [9.17, 15) is 9.59 Å². The third-order valence-corrected chi connectivity index (χ3v) is 4.82. The lowest BCUT2D eigenvalue weighted by atomic mass is 10.0. The zero-order valence-corrected chi connectivity index (χ0v) is 16.5. The highest BCUT2D eigenvalue weighted by Crippen LogP contribution is 2.24. The van der Waals surface area contributed by atoms with Gasteiger partial charge in [-0.15, -0.1) is 0 Å². The Morgan fingerprint density at radius 1 is 0.931 bits per heavy atom. The number of hydrogen-bond acceptors (Lipinski definition) is 3. The van der Waals surface area contributed by atoms with Crippen molar-refractivity contribution in [2.45, 2.75) is 6.17 Å². The van der Waals surface area contributed by atoms with Gasteiger partial charge in [0.25, 0.3) is 11.8 Å². The van der Waals surface area contributed by atoms with E-state index in [1.807, 2.05) is 48.5 Å². The maximum Gasteiger partial charge on any atom is 0.269 e. The van der Waals surface area contributed by atoms with Crippen molar-refractivity contribution >= 4 is 46.4 Å². The second-order valence-corrected chi connectivity index (χ2v) is 7.29. The van der Waals surface area contributed by atoms with Gasteiger partial charge in [-0.3, -0.25) is 9.59 Å². The third-order valence-electron chi connectivity index (χ3n) is 4.39. The first-order chi connectivity index (χ1) is 14.0. The molecule has 3 aromatic carbocycles. The van der Waals surface area contributed by atoms with Gasteiger partial charge in [0.15, 0.2) is 0 Å². The van der Waals surface area contributed by atoms with Crippen molar-refractivity contribution in [1.82, 2.24) is 5.32 Å². The minimum atomic E-state index is -1.12. The van der Waals surface area contributed by atoms with E-state index in [-0.39, 0.29) is 5.56 Å². The molecular weight excluding hydrogens is 409 g/mol. The maximum atomic E-state index is 12.8. The molecule has 144 valence electrons. The van der Waals surface area contributed by atoms with Crippen LogP contribution in [0, 0.1) is 0 Å². The molecule has 1 aliphatic heterocycles. The van der Waals surface area contributed by atoms with Crippen LogP contribution >= 0.6 is 23.2 Å². The highest BCUT2D eigenvalue weighted by atomic mass is 35.5. The third kappa shape index (κ3) is 4.16. The van der Waals surface area contributed by atoms with Crippen molar-refractivity contribution in [3.63, 3.8) is 0 Å². The number of nitrogens with zero attached hydrogens (tertiary/aromatic N) is 1. The van der Waals surface area contributed by atoms with Crippen molar-refractivity contribution in [1.29, 1.82) is 0 Å². The summed E-state index contributed by atoms with van der Waals surface area (Å²) in [5.74, 6) is -0.943. The van der Waals surface area contributed by atoms with Crippen LogP contribution in [-0.2, 0) is 4.79 Å². The summed E-state index contributed by atoms with van der Waals surface area (Å²) in [6.07, 6.45) is -1.12. The van der Waals surface area contributed by atoms with Gasteiger partial charge in [-0.1, -0.05) is 71.7 Å². The van der Waals surface area contributed by atoms with Crippen LogP contribution in [0.4, 0.5) is 5.69 Å². The van der Waals surface area contributed by atoms with Crippen LogP contribution in [0.1, 0.15) is 21.5 Å². The molecule has 0 aromatic heterocycles. The summed E-state index contributed by atoms with van der Waals surface area (Å²) in [5.41, 5.74) is 3.08. The predicted octanol–water partition coefficient (Wildman–Crippen LogP) is 4.54. The molecule has 5 nitrogen and oxygen atoms in total. The summed E-state index contributed by atoms with van der Waals surface area (Å²) < 4.78 is 0. The molecule has 1 heterocycles. The van der Waals surface area contributed by atoms with E-state index in [0.29, 0.717) is 21.4 Å². The number of carbonyl (C=O) groups is 2. The fourth-order valence-corrected chi connectivity index (χ4v) is 3.60. The number of nitrogens with one attached hydrogen (secondary N) is 2. The molecule has 7 heteroatoms. The zero-order chi connectivity index (χ0) is 20.4. The normalized spacial score (nSPS) is 15.6. The molecule has 0 spiro atoms. The molecular formula is C22H15Cl2N3O2. The Balaban J connectivity index is 1.73. The second kappa shape index (κ2) is 8.07. The SMILES string of the molecule is O=C(NC1N=C(c2ccccc2)c2ccccc2NC1=O)c1cc(Cl)cc(Cl)c1. The molecule has 1 aliphatic rings. The van der Waals surface area contributed by atoms with Crippen LogP contribution in [0.5, 0.6) is 0 Å². The molecule has 0 fully saturated rings. The van der Waals surface area contributed by atoms with E-state index >= 15 is 0 Å². The number of halogens is 2. The summed E-state index contributed by atoms with van der Waals surface area (Å²) in [6, 6.07) is 21.4. The summed E-state index contributed by atoms with van der Waals surface area (Å²) >= 11 is 12.0. The van der Waals surface area contributed by atoms with Crippen molar-refractivity contribution < 1.29 is 9.59 Å². The number of anilines is 1. The lowest BCUT2D eigenvalue weighted by molar-refractivity contribution is -0.117. The molecule has 0 radical (unpaired) electrons. The van der Waals surface area contributed by atoms with Crippen molar-refractivity contribution in [3.8, 4) is 0 Å². The lowest BCUT2D eigenvalue weighted by Crippen LogP contribution is -2.42. The number of aliphatic imine (C=N–C) groups is 1. The summed E-state index contributed by atoms with van der Waals surface area (Å²) in [5, 5.41) is 6.14. The topological polar surface area (TPSA) is 70.6 Å². The Morgan fingerprint density at radius 3 is 2.31 bits per heavy atom. The van der Waals surface area contributed by atoms with Gasteiger partial charge in [-0.25, -0.2) is 4.99 Å². The van der Waals surface area contributed by atoms with Gasteiger partial charge in [-0.05, 0) is 24.3 Å². The molecule has 0 saturated carbocycles. The number of hydrogen-bond donors (Lipinski definition) is 2. The predicted molar refractivity (Wildman–Crippen MR) is 115 cm³/mol. The fraction of sp³-hybridized carbons (Fsp3) is 0.0455. The molecule has 1 atom stereocenters. The van der Waals surface area contributed by atoms with E-state index < -0.39 is 18.0 Å². The van der Waals surface area contributed by atoms with E-state index in [1.165, 1.54) is 18.2 Å². The monoisotopic (exact) mass is 423 g/mol. The van der Waals surface area contributed by atoms with Crippen LogP contribution in [0.3, 0.4) is 0 Å². The quantitative estimate of drug-likeness (QED) is 0.648. The Labute approximate surface area is 177 Å². The highest BCUT2D eigenvalue weighted by Gasteiger charge is 2.27. The minimum Gasteiger partial charge on any atom is -0.322 e. The first kappa shape index (κ1) is 19.2. The largest absolute Gasteiger partial charge is 0.322 e. The van der Waals surface area contributed by atoms with Crippen molar-refractivity contribution in [2.24, 2.45) is 4.99 Å². The summed E-state index contributed by atoms with van der Waals surface area (Å²) in [7, 11) is 0. The lowest BCUT2D eigenvalue weighted by Gasteiger charge is -2.13. The second-order valence-electron chi connectivity index (χ2n) is 6.41. The van der Waals surface area contributed by atoms with Gasteiger partial charge in [-0.2, -0.15) is 0 Å². The maximum absolute atomic E-state index is 12.8. The van der Waals surface area contributed by atoms with Crippen LogP contribution < -0.4 is 10.6 Å². The average Bonchev–Trinajstić information content (AvgIpc) is 2.84. The molecule has 4 rings (SSSR count). The number of benzodiazepines with no additional fused rings is 1. The molecule has 0 bridgehead atoms. The van der Waals surface area contributed by atoms with E-state index in [0.717, 1.165) is 11.1 Å². The van der Waals surface area contributed by atoms with Crippen LogP contribution in [0.15, 0.2) is 77.8 Å². The minimum absolute atomic E-state index is 0.244. The van der Waals surface area contributed by atoms with Crippen molar-refractivity contribution in [2.75, 3.05) is 5.32 Å². The molecule has 3 aromatic rings. The van der Waals surface area contributed by atoms with Crippen LogP contribution in [0.25, 0.3) is 0 Å². The molecule has 2 N–H and O–H groups in total. The van der Waals surface area contributed by atoms with Crippen LogP contribution in [0.2, 0.25) is 10.0 Å². The smallest absolute Gasteiger partial charge is 0.269 e. The van der Waals surface area contributed by atoms with Gasteiger partial charge in [0.05, 0.1) is 11.4 Å². The average molecular weight is 424 g/mol. The van der Waals surface area contributed by atoms with Gasteiger partial charge in [0.2, 0.25) is 6.17 Å². The number of rotatable bonds is 3. The molecule has 29 heavy (non-hydrogen) atoms. The van der Waals surface area contributed by atoms with Gasteiger partial charge in [0.1, 0.15) is 0 Å². The van der Waals surface area contributed by atoms with Crippen LogP contribution in [-0.4, -0.2) is 23.7 Å². The number of amides is 2. The van der Waals surface area contributed by atoms with E-state index in [4.69, 9.17) is 23.2 Å². The first-order valence-electron chi connectivity index (χ1n) is 8.82. The number of para-hydroxylation sites is 1. The first-order valence-corrected chi connectivity index (χ1v) is 9.57. The molecule has 0 aliphatic carbocycles. The zero-order valence-electron chi connectivity index (χ0n) is 15.0. The Kier molecular flexibility index (Phi) is 5.34. The molecule has 1 unspecified atom stereocenters. The van der Waals surface area contributed by atoms with E-state index in [1.54, 1.807) is 6.07 Å². The Bertz CT molecular complexity index is 1110. The highest BCUT2D eigenvalue weighted by molar-refractivity contribution is 6.35. The molecule has 2 amide bonds. The Hall–Kier alpha value is -3.15. The van der Waals surface area contributed by atoms with Gasteiger partial charge >= 0.3 is 0 Å². The molecule has 0 saturated heterocycles.